The van der Waals surface area contributed by atoms with Crippen LogP contribution in [0.1, 0.15) is 6.42 Å². The van der Waals surface area contributed by atoms with Crippen molar-refractivity contribution >= 4 is 11.9 Å². The third-order valence-corrected chi connectivity index (χ3v) is 4.21. The molecule has 22 heavy (non-hydrogen) atoms. The maximum Gasteiger partial charge on any atom is 0.225 e. The number of piperazine rings is 1. The SMILES string of the molecule is O=C(CCN1CCN(c2ncccn2)CC1)N1CCOCC1. The number of aromatic nitrogens is 2. The van der Waals surface area contributed by atoms with Crippen LogP contribution in [0.2, 0.25) is 0 Å². The Morgan fingerprint density at radius 1 is 1.05 bits per heavy atom. The van der Waals surface area contributed by atoms with Gasteiger partial charge in [-0.1, -0.05) is 0 Å². The smallest absolute Gasteiger partial charge is 0.225 e. The van der Waals surface area contributed by atoms with Crippen molar-refractivity contribution in [3.8, 4) is 0 Å². The molecule has 2 fully saturated rings. The molecule has 0 aliphatic carbocycles. The molecule has 0 saturated carbocycles. The van der Waals surface area contributed by atoms with E-state index in [0.717, 1.165) is 51.8 Å². The normalized spacial score (nSPS) is 20.2. The first-order chi connectivity index (χ1) is 10.8. The van der Waals surface area contributed by atoms with Crippen LogP contribution in [0.15, 0.2) is 18.5 Å². The Hall–Kier alpha value is -1.73. The molecule has 7 heteroatoms. The molecule has 1 aromatic rings. The Bertz CT molecular complexity index is 470. The Morgan fingerprint density at radius 2 is 1.73 bits per heavy atom. The largest absolute Gasteiger partial charge is 0.378 e. The molecule has 0 bridgehead atoms. The molecule has 120 valence electrons. The molecule has 3 rings (SSSR count). The minimum absolute atomic E-state index is 0.247. The summed E-state index contributed by atoms with van der Waals surface area (Å²) >= 11 is 0. The second-order valence-corrected chi connectivity index (χ2v) is 5.62. The number of nitrogens with zero attached hydrogens (tertiary/aromatic N) is 5. The van der Waals surface area contributed by atoms with Crippen molar-refractivity contribution in [1.29, 1.82) is 0 Å². The lowest BCUT2D eigenvalue weighted by molar-refractivity contribution is -0.135. The predicted molar refractivity (Wildman–Crippen MR) is 82.7 cm³/mol. The molecule has 0 radical (unpaired) electrons. The predicted octanol–water partition coefficient (Wildman–Crippen LogP) is -0.152. The number of rotatable bonds is 4. The summed E-state index contributed by atoms with van der Waals surface area (Å²) in [5, 5.41) is 0. The van der Waals surface area contributed by atoms with Gasteiger partial charge < -0.3 is 14.5 Å². The van der Waals surface area contributed by atoms with Crippen LogP contribution in [-0.2, 0) is 9.53 Å². The fraction of sp³-hybridized carbons (Fsp3) is 0.667. The van der Waals surface area contributed by atoms with Gasteiger partial charge in [0.15, 0.2) is 0 Å². The molecular formula is C15H23N5O2. The van der Waals surface area contributed by atoms with Crippen molar-refractivity contribution < 1.29 is 9.53 Å². The van der Waals surface area contributed by atoms with Crippen molar-refractivity contribution in [2.24, 2.45) is 0 Å². The average molecular weight is 305 g/mol. The second kappa shape index (κ2) is 7.51. The number of ether oxygens (including phenoxy) is 1. The molecule has 1 amide bonds. The highest BCUT2D eigenvalue weighted by atomic mass is 16.5. The van der Waals surface area contributed by atoms with Gasteiger partial charge in [-0.25, -0.2) is 9.97 Å². The highest BCUT2D eigenvalue weighted by Gasteiger charge is 2.21. The minimum atomic E-state index is 0.247. The number of morpholine rings is 1. The van der Waals surface area contributed by atoms with Gasteiger partial charge in [-0.2, -0.15) is 0 Å². The highest BCUT2D eigenvalue weighted by molar-refractivity contribution is 5.76. The zero-order valence-electron chi connectivity index (χ0n) is 12.9. The molecule has 2 aliphatic heterocycles. The van der Waals surface area contributed by atoms with Crippen LogP contribution in [0, 0.1) is 0 Å². The van der Waals surface area contributed by atoms with Crippen molar-refractivity contribution in [1.82, 2.24) is 19.8 Å². The Kier molecular flexibility index (Phi) is 5.18. The van der Waals surface area contributed by atoms with Crippen LogP contribution in [-0.4, -0.2) is 84.7 Å². The Balaban J connectivity index is 1.39. The van der Waals surface area contributed by atoms with E-state index in [1.165, 1.54) is 0 Å². The molecule has 2 aliphatic rings. The first kappa shape index (κ1) is 15.2. The lowest BCUT2D eigenvalue weighted by atomic mass is 10.2. The van der Waals surface area contributed by atoms with Gasteiger partial charge in [-0.15, -0.1) is 0 Å². The van der Waals surface area contributed by atoms with E-state index >= 15 is 0 Å². The molecule has 2 saturated heterocycles. The third-order valence-electron chi connectivity index (χ3n) is 4.21. The summed E-state index contributed by atoms with van der Waals surface area (Å²) in [4.78, 5) is 27.2. The molecule has 0 atom stereocenters. The maximum absolute atomic E-state index is 12.1. The fourth-order valence-corrected chi connectivity index (χ4v) is 2.85. The molecule has 7 nitrogen and oxygen atoms in total. The van der Waals surface area contributed by atoms with E-state index in [4.69, 9.17) is 4.74 Å². The second-order valence-electron chi connectivity index (χ2n) is 5.62. The first-order valence-electron chi connectivity index (χ1n) is 7.93. The molecule has 1 aromatic heterocycles. The quantitative estimate of drug-likeness (QED) is 0.771. The molecule has 0 aromatic carbocycles. The van der Waals surface area contributed by atoms with E-state index in [-0.39, 0.29) is 5.91 Å². The van der Waals surface area contributed by atoms with E-state index in [9.17, 15) is 4.79 Å². The Labute approximate surface area is 130 Å². The lowest BCUT2D eigenvalue weighted by Crippen LogP contribution is -2.48. The number of hydrogen-bond donors (Lipinski definition) is 0. The van der Waals surface area contributed by atoms with Gasteiger partial charge in [0.05, 0.1) is 13.2 Å². The van der Waals surface area contributed by atoms with Gasteiger partial charge in [-0.3, -0.25) is 9.69 Å². The van der Waals surface area contributed by atoms with Crippen LogP contribution in [0.3, 0.4) is 0 Å². The number of anilines is 1. The summed E-state index contributed by atoms with van der Waals surface area (Å²) in [5.41, 5.74) is 0. The van der Waals surface area contributed by atoms with Crippen LogP contribution in [0.25, 0.3) is 0 Å². The summed E-state index contributed by atoms with van der Waals surface area (Å²) < 4.78 is 5.28. The van der Waals surface area contributed by atoms with Gasteiger partial charge in [0.1, 0.15) is 0 Å². The van der Waals surface area contributed by atoms with Gasteiger partial charge in [0.25, 0.3) is 0 Å². The first-order valence-corrected chi connectivity index (χ1v) is 7.93. The summed E-state index contributed by atoms with van der Waals surface area (Å²) in [6, 6.07) is 1.83. The highest BCUT2D eigenvalue weighted by Crippen LogP contribution is 2.10. The van der Waals surface area contributed by atoms with Crippen molar-refractivity contribution in [2.45, 2.75) is 6.42 Å². The monoisotopic (exact) mass is 305 g/mol. The van der Waals surface area contributed by atoms with Crippen LogP contribution < -0.4 is 4.90 Å². The van der Waals surface area contributed by atoms with Crippen molar-refractivity contribution in [2.75, 3.05) is 63.9 Å². The van der Waals surface area contributed by atoms with Crippen molar-refractivity contribution in [3.63, 3.8) is 0 Å². The lowest BCUT2D eigenvalue weighted by Gasteiger charge is -2.35. The number of amides is 1. The summed E-state index contributed by atoms with van der Waals surface area (Å²) in [5.74, 6) is 1.05. The number of hydrogen-bond acceptors (Lipinski definition) is 6. The van der Waals surface area contributed by atoms with E-state index in [0.29, 0.717) is 19.6 Å². The minimum Gasteiger partial charge on any atom is -0.378 e. The molecule has 0 spiro atoms. The van der Waals surface area contributed by atoms with Gasteiger partial charge in [0.2, 0.25) is 11.9 Å². The van der Waals surface area contributed by atoms with E-state index < -0.39 is 0 Å². The number of carbonyl (C=O) groups is 1. The zero-order chi connectivity index (χ0) is 15.2. The molecule has 0 N–H and O–H groups in total. The fourth-order valence-electron chi connectivity index (χ4n) is 2.85. The van der Waals surface area contributed by atoms with Crippen LogP contribution in [0.4, 0.5) is 5.95 Å². The van der Waals surface area contributed by atoms with Crippen molar-refractivity contribution in [3.05, 3.63) is 18.5 Å². The topological polar surface area (TPSA) is 61.8 Å². The van der Waals surface area contributed by atoms with E-state index in [1.54, 1.807) is 12.4 Å². The van der Waals surface area contributed by atoms with Gasteiger partial charge >= 0.3 is 0 Å². The summed E-state index contributed by atoms with van der Waals surface area (Å²) in [6.07, 6.45) is 4.15. The standard InChI is InChI=1S/C15H23N5O2/c21-14(19-10-12-22-13-11-19)2-5-18-6-8-20(9-7-18)15-16-3-1-4-17-15/h1,3-4H,2,5-13H2. The maximum atomic E-state index is 12.1. The summed E-state index contributed by atoms with van der Waals surface area (Å²) in [6.45, 7) is 7.37. The molecule has 3 heterocycles. The molecular weight excluding hydrogens is 282 g/mol. The number of carbonyl (C=O) groups excluding carboxylic acids is 1. The third kappa shape index (κ3) is 3.92. The van der Waals surface area contributed by atoms with E-state index in [2.05, 4.69) is 19.8 Å². The van der Waals surface area contributed by atoms with Crippen LogP contribution in [0.5, 0.6) is 0 Å². The van der Waals surface area contributed by atoms with Gasteiger partial charge in [0, 0.05) is 64.6 Å². The van der Waals surface area contributed by atoms with E-state index in [1.807, 2.05) is 11.0 Å². The van der Waals surface area contributed by atoms with Gasteiger partial charge in [-0.05, 0) is 6.07 Å². The Morgan fingerprint density at radius 3 is 2.41 bits per heavy atom. The van der Waals surface area contributed by atoms with Crippen LogP contribution >= 0.6 is 0 Å². The molecule has 0 unspecified atom stereocenters. The zero-order valence-corrected chi connectivity index (χ0v) is 12.9. The summed E-state index contributed by atoms with van der Waals surface area (Å²) in [7, 11) is 0. The average Bonchev–Trinajstić information content (AvgIpc) is 2.61.